The molecule has 0 fully saturated rings. The fourth-order valence-electron chi connectivity index (χ4n) is 0.697. The molecule has 2 radical (unpaired) electrons. The van der Waals surface area contributed by atoms with Gasteiger partial charge < -0.3 is 0 Å². The van der Waals surface area contributed by atoms with Gasteiger partial charge in [-0.15, -0.1) is 0 Å². The second-order valence-electron chi connectivity index (χ2n) is 2.68. The minimum Gasteiger partial charge on any atom is -0.0887 e. The summed E-state index contributed by atoms with van der Waals surface area (Å²) in [6.07, 6.45) is 4.68. The van der Waals surface area contributed by atoms with Gasteiger partial charge in [-0.2, -0.15) is 0 Å². The Labute approximate surface area is 54.1 Å². The van der Waals surface area contributed by atoms with E-state index in [1.807, 2.05) is 0 Å². The molecule has 0 aliphatic carbocycles. The summed E-state index contributed by atoms with van der Waals surface area (Å²) in [5, 5.41) is 0. The zero-order valence-electron chi connectivity index (χ0n) is 5.98. The predicted molar refractivity (Wildman–Crippen MR) is 39.2 cm³/mol. The van der Waals surface area contributed by atoms with E-state index >= 15 is 0 Å². The van der Waals surface area contributed by atoms with Crippen molar-refractivity contribution in [2.24, 2.45) is 5.92 Å². The maximum Gasteiger partial charge on any atom is 0.0653 e. The van der Waals surface area contributed by atoms with E-state index in [9.17, 15) is 0 Å². The van der Waals surface area contributed by atoms with Gasteiger partial charge in [0.05, 0.1) is 7.85 Å². The van der Waals surface area contributed by atoms with Crippen molar-refractivity contribution in [2.75, 3.05) is 0 Å². The number of hydrogen-bond donors (Lipinski definition) is 0. The summed E-state index contributed by atoms with van der Waals surface area (Å²) < 4.78 is 0. The van der Waals surface area contributed by atoms with Crippen molar-refractivity contribution in [3.63, 3.8) is 0 Å². The SMILES string of the molecule is [B]CCCCC(C)C. The van der Waals surface area contributed by atoms with Crippen molar-refractivity contribution < 1.29 is 0 Å². The Morgan fingerprint density at radius 2 is 1.88 bits per heavy atom. The third kappa shape index (κ3) is 6.06. The smallest absolute Gasteiger partial charge is 0.0653 e. The van der Waals surface area contributed by atoms with Gasteiger partial charge in [-0.05, 0) is 5.92 Å². The lowest BCUT2D eigenvalue weighted by Gasteiger charge is -2.00. The molecule has 0 aliphatic heterocycles. The first kappa shape index (κ1) is 8.06. The van der Waals surface area contributed by atoms with Gasteiger partial charge in [-0.3, -0.25) is 0 Å². The Bertz CT molecular complexity index is 41.7. The molecule has 0 unspecified atom stereocenters. The average molecular weight is 110 g/mol. The molecule has 0 aromatic rings. The second kappa shape index (κ2) is 5.21. The van der Waals surface area contributed by atoms with Crippen LogP contribution in [0.2, 0.25) is 6.32 Å². The monoisotopic (exact) mass is 110 g/mol. The van der Waals surface area contributed by atoms with E-state index in [0.717, 1.165) is 12.2 Å². The van der Waals surface area contributed by atoms with Crippen LogP contribution in [0, 0.1) is 5.92 Å². The van der Waals surface area contributed by atoms with Gasteiger partial charge in [0, 0.05) is 0 Å². The van der Waals surface area contributed by atoms with Crippen molar-refractivity contribution in [2.45, 2.75) is 39.4 Å². The minimum absolute atomic E-state index is 0.849. The summed E-state index contributed by atoms with van der Waals surface area (Å²) in [5.41, 5.74) is 0. The molecule has 0 saturated heterocycles. The summed E-state index contributed by atoms with van der Waals surface area (Å²) in [4.78, 5) is 0. The first-order chi connectivity index (χ1) is 3.77. The van der Waals surface area contributed by atoms with Crippen molar-refractivity contribution in [1.29, 1.82) is 0 Å². The van der Waals surface area contributed by atoms with Gasteiger partial charge in [0.15, 0.2) is 0 Å². The quantitative estimate of drug-likeness (QED) is 0.385. The van der Waals surface area contributed by atoms with Gasteiger partial charge in [0.25, 0.3) is 0 Å². The fraction of sp³-hybridized carbons (Fsp3) is 1.00. The third-order valence-electron chi connectivity index (χ3n) is 1.24. The molecule has 0 saturated carbocycles. The van der Waals surface area contributed by atoms with Crippen LogP contribution >= 0.6 is 0 Å². The maximum absolute atomic E-state index is 5.31. The molecule has 0 aliphatic rings. The summed E-state index contributed by atoms with van der Waals surface area (Å²) in [6.45, 7) is 4.49. The Morgan fingerprint density at radius 3 is 2.25 bits per heavy atom. The normalized spacial score (nSPS) is 10.4. The molecule has 0 heterocycles. The molecule has 1 heteroatoms. The molecule has 0 bridgehead atoms. The minimum atomic E-state index is 0.849. The molecule has 0 N–H and O–H groups in total. The highest BCUT2D eigenvalue weighted by atomic mass is 14.0. The summed E-state index contributed by atoms with van der Waals surface area (Å²) >= 11 is 0. The average Bonchev–Trinajstić information content (AvgIpc) is 1.66. The lowest BCUT2D eigenvalue weighted by molar-refractivity contribution is 0.550. The van der Waals surface area contributed by atoms with Crippen molar-refractivity contribution >= 4 is 7.85 Å². The zero-order chi connectivity index (χ0) is 6.41. The first-order valence-corrected chi connectivity index (χ1v) is 3.47. The Hall–Kier alpha value is 0.0649. The van der Waals surface area contributed by atoms with E-state index in [2.05, 4.69) is 13.8 Å². The van der Waals surface area contributed by atoms with Crippen LogP contribution in [-0.4, -0.2) is 7.85 Å². The van der Waals surface area contributed by atoms with Crippen LogP contribution < -0.4 is 0 Å². The molecule has 8 heavy (non-hydrogen) atoms. The molecular formula is C7H15B. The van der Waals surface area contributed by atoms with Crippen molar-refractivity contribution in [3.8, 4) is 0 Å². The van der Waals surface area contributed by atoms with Gasteiger partial charge in [0.1, 0.15) is 0 Å². The van der Waals surface area contributed by atoms with Crippen LogP contribution in [0.1, 0.15) is 33.1 Å². The summed E-state index contributed by atoms with van der Waals surface area (Å²) in [5.74, 6) is 0.849. The molecular weight excluding hydrogens is 94.9 g/mol. The highest BCUT2D eigenvalue weighted by Crippen LogP contribution is 2.06. The van der Waals surface area contributed by atoms with Crippen LogP contribution in [0.25, 0.3) is 0 Å². The van der Waals surface area contributed by atoms with E-state index in [4.69, 9.17) is 7.85 Å². The highest BCUT2D eigenvalue weighted by molar-refractivity contribution is 6.08. The standard InChI is InChI=1S/C7H15B/c1-7(2)5-3-4-6-8/h7H,3-6H2,1-2H3. The van der Waals surface area contributed by atoms with Crippen molar-refractivity contribution in [1.82, 2.24) is 0 Å². The Morgan fingerprint density at radius 1 is 1.25 bits per heavy atom. The molecule has 0 rings (SSSR count). The number of rotatable bonds is 4. The molecule has 46 valence electrons. The Balaban J connectivity index is 2.72. The fourth-order valence-corrected chi connectivity index (χ4v) is 0.697. The van der Waals surface area contributed by atoms with Gasteiger partial charge in [0.2, 0.25) is 0 Å². The molecule has 0 aromatic heterocycles. The first-order valence-electron chi connectivity index (χ1n) is 3.47. The molecule has 0 nitrogen and oxygen atoms in total. The van der Waals surface area contributed by atoms with Gasteiger partial charge in [-0.25, -0.2) is 0 Å². The summed E-state index contributed by atoms with van der Waals surface area (Å²) in [6, 6.07) is 0. The van der Waals surface area contributed by atoms with Crippen LogP contribution in [0.5, 0.6) is 0 Å². The van der Waals surface area contributed by atoms with Crippen LogP contribution in [0.4, 0.5) is 0 Å². The van der Waals surface area contributed by atoms with Crippen molar-refractivity contribution in [3.05, 3.63) is 0 Å². The van der Waals surface area contributed by atoms with E-state index in [0.29, 0.717) is 0 Å². The molecule has 0 aromatic carbocycles. The van der Waals surface area contributed by atoms with E-state index in [-0.39, 0.29) is 0 Å². The molecule has 0 atom stereocenters. The lowest BCUT2D eigenvalue weighted by atomic mass is 9.97. The van der Waals surface area contributed by atoms with Gasteiger partial charge >= 0.3 is 0 Å². The predicted octanol–water partition coefficient (Wildman–Crippen LogP) is 2.40. The van der Waals surface area contributed by atoms with Crippen LogP contribution in [-0.2, 0) is 0 Å². The topological polar surface area (TPSA) is 0 Å². The summed E-state index contributed by atoms with van der Waals surface area (Å²) in [7, 11) is 5.31. The third-order valence-corrected chi connectivity index (χ3v) is 1.24. The van der Waals surface area contributed by atoms with E-state index < -0.39 is 0 Å². The molecule has 0 amide bonds. The van der Waals surface area contributed by atoms with E-state index in [1.165, 1.54) is 19.3 Å². The number of unbranched alkanes of at least 4 members (excludes halogenated alkanes) is 1. The van der Waals surface area contributed by atoms with Gasteiger partial charge in [-0.1, -0.05) is 39.4 Å². The van der Waals surface area contributed by atoms with E-state index in [1.54, 1.807) is 0 Å². The van der Waals surface area contributed by atoms with Crippen LogP contribution in [0.3, 0.4) is 0 Å². The number of hydrogen-bond acceptors (Lipinski definition) is 0. The highest BCUT2D eigenvalue weighted by Gasteiger charge is 1.90. The largest absolute Gasteiger partial charge is 0.0887 e. The Kier molecular flexibility index (Phi) is 5.25. The van der Waals surface area contributed by atoms with Crippen LogP contribution in [0.15, 0.2) is 0 Å². The maximum atomic E-state index is 5.31. The zero-order valence-corrected chi connectivity index (χ0v) is 5.98. The lowest BCUT2D eigenvalue weighted by Crippen LogP contribution is -1.85. The molecule has 0 spiro atoms. The second-order valence-corrected chi connectivity index (χ2v) is 2.68.